The molecule has 0 radical (unpaired) electrons. The molecule has 1 fully saturated rings. The van der Waals surface area contributed by atoms with Gasteiger partial charge in [-0.1, -0.05) is 13.8 Å². The standard InChI is InChI=1S/C10H16N2O2/c1-10(2)8(13)4-9(10)14-7-5-11-12(3)6-7/h5-6,8-9,13H,4H2,1-3H3. The first-order valence-corrected chi connectivity index (χ1v) is 4.83. The van der Waals surface area contributed by atoms with Gasteiger partial charge in [0, 0.05) is 18.9 Å². The molecule has 4 nitrogen and oxygen atoms in total. The highest BCUT2D eigenvalue weighted by atomic mass is 16.5. The molecule has 1 aromatic heterocycles. The fraction of sp³-hybridized carbons (Fsp3) is 0.700. The van der Waals surface area contributed by atoms with Gasteiger partial charge in [0.15, 0.2) is 5.75 Å². The average molecular weight is 196 g/mol. The molecule has 1 aromatic rings. The number of hydrogen-bond acceptors (Lipinski definition) is 3. The number of hydrogen-bond donors (Lipinski definition) is 1. The lowest BCUT2D eigenvalue weighted by molar-refractivity contribution is -0.134. The molecular formula is C10H16N2O2. The van der Waals surface area contributed by atoms with E-state index in [1.807, 2.05) is 27.1 Å². The number of aliphatic hydroxyl groups is 1. The molecule has 0 saturated heterocycles. The highest BCUT2D eigenvalue weighted by Crippen LogP contribution is 2.42. The van der Waals surface area contributed by atoms with Crippen LogP contribution in [-0.2, 0) is 7.05 Å². The normalized spacial score (nSPS) is 29.7. The Labute approximate surface area is 83.5 Å². The third-order valence-corrected chi connectivity index (χ3v) is 3.09. The van der Waals surface area contributed by atoms with Crippen LogP contribution in [0, 0.1) is 5.41 Å². The molecular weight excluding hydrogens is 180 g/mol. The van der Waals surface area contributed by atoms with Crippen molar-refractivity contribution in [1.29, 1.82) is 0 Å². The van der Waals surface area contributed by atoms with E-state index in [0.29, 0.717) is 6.42 Å². The lowest BCUT2D eigenvalue weighted by atomic mass is 9.66. The van der Waals surface area contributed by atoms with Gasteiger partial charge < -0.3 is 9.84 Å². The van der Waals surface area contributed by atoms with Crippen molar-refractivity contribution in [1.82, 2.24) is 9.78 Å². The molecule has 14 heavy (non-hydrogen) atoms. The Morgan fingerprint density at radius 3 is 2.79 bits per heavy atom. The molecule has 0 aliphatic heterocycles. The maximum atomic E-state index is 9.53. The summed E-state index contributed by atoms with van der Waals surface area (Å²) in [5.74, 6) is 0.775. The van der Waals surface area contributed by atoms with Gasteiger partial charge in [0.05, 0.1) is 18.5 Å². The molecule has 0 bridgehead atoms. The van der Waals surface area contributed by atoms with Gasteiger partial charge in [-0.05, 0) is 0 Å². The highest BCUT2D eigenvalue weighted by Gasteiger charge is 2.49. The topological polar surface area (TPSA) is 47.3 Å². The number of ether oxygens (including phenoxy) is 1. The van der Waals surface area contributed by atoms with Gasteiger partial charge >= 0.3 is 0 Å². The van der Waals surface area contributed by atoms with E-state index in [1.54, 1.807) is 10.9 Å². The van der Waals surface area contributed by atoms with Gasteiger partial charge in [-0.2, -0.15) is 5.10 Å². The van der Waals surface area contributed by atoms with Crippen LogP contribution >= 0.6 is 0 Å². The summed E-state index contributed by atoms with van der Waals surface area (Å²) in [6.45, 7) is 4.03. The van der Waals surface area contributed by atoms with Crippen molar-refractivity contribution in [2.75, 3.05) is 0 Å². The van der Waals surface area contributed by atoms with Gasteiger partial charge in [0.1, 0.15) is 6.10 Å². The zero-order chi connectivity index (χ0) is 10.3. The Bertz CT molecular complexity index is 333. The molecule has 0 spiro atoms. The summed E-state index contributed by atoms with van der Waals surface area (Å²) in [6, 6.07) is 0. The molecule has 1 aliphatic rings. The summed E-state index contributed by atoms with van der Waals surface area (Å²) in [6.07, 6.45) is 4.09. The maximum absolute atomic E-state index is 9.53. The first-order valence-electron chi connectivity index (χ1n) is 4.83. The van der Waals surface area contributed by atoms with E-state index in [2.05, 4.69) is 5.10 Å². The van der Waals surface area contributed by atoms with Gasteiger partial charge in [0.2, 0.25) is 0 Å². The number of aryl methyl sites for hydroxylation is 1. The third kappa shape index (κ3) is 1.39. The lowest BCUT2D eigenvalue weighted by Gasteiger charge is -2.48. The second kappa shape index (κ2) is 2.98. The van der Waals surface area contributed by atoms with Crippen LogP contribution in [0.1, 0.15) is 20.3 Å². The Balaban J connectivity index is 2.00. The average Bonchev–Trinajstić information content (AvgIpc) is 2.51. The predicted molar refractivity (Wildman–Crippen MR) is 52.0 cm³/mol. The minimum atomic E-state index is -0.246. The van der Waals surface area contributed by atoms with E-state index < -0.39 is 0 Å². The van der Waals surface area contributed by atoms with Crippen molar-refractivity contribution in [3.8, 4) is 5.75 Å². The molecule has 0 aromatic carbocycles. The molecule has 2 atom stereocenters. The summed E-state index contributed by atoms with van der Waals surface area (Å²) in [4.78, 5) is 0. The quantitative estimate of drug-likeness (QED) is 0.766. The minimum absolute atomic E-state index is 0.0988. The van der Waals surface area contributed by atoms with E-state index in [4.69, 9.17) is 4.74 Å². The van der Waals surface area contributed by atoms with Crippen molar-refractivity contribution in [2.24, 2.45) is 12.5 Å². The van der Waals surface area contributed by atoms with Crippen molar-refractivity contribution in [2.45, 2.75) is 32.5 Å². The second-order valence-corrected chi connectivity index (χ2v) is 4.53. The zero-order valence-electron chi connectivity index (χ0n) is 8.77. The molecule has 0 amide bonds. The van der Waals surface area contributed by atoms with Gasteiger partial charge in [-0.15, -0.1) is 0 Å². The van der Waals surface area contributed by atoms with Gasteiger partial charge in [-0.3, -0.25) is 4.68 Å². The predicted octanol–water partition coefficient (Wildman–Crippen LogP) is 0.958. The summed E-state index contributed by atoms with van der Waals surface area (Å²) >= 11 is 0. The summed E-state index contributed by atoms with van der Waals surface area (Å²) in [7, 11) is 1.85. The van der Waals surface area contributed by atoms with Crippen LogP contribution in [0.15, 0.2) is 12.4 Å². The molecule has 78 valence electrons. The first-order chi connectivity index (χ1) is 6.50. The van der Waals surface area contributed by atoms with Crippen molar-refractivity contribution in [3.63, 3.8) is 0 Å². The van der Waals surface area contributed by atoms with Crippen LogP contribution in [0.3, 0.4) is 0 Å². The van der Waals surface area contributed by atoms with Crippen molar-refractivity contribution in [3.05, 3.63) is 12.4 Å². The Morgan fingerprint density at radius 1 is 1.64 bits per heavy atom. The van der Waals surface area contributed by atoms with E-state index in [1.165, 1.54) is 0 Å². The number of aromatic nitrogens is 2. The Kier molecular flexibility index (Phi) is 2.03. The third-order valence-electron chi connectivity index (χ3n) is 3.09. The minimum Gasteiger partial charge on any atom is -0.486 e. The SMILES string of the molecule is Cn1cc(OC2CC(O)C2(C)C)cn1. The molecule has 1 heterocycles. The largest absolute Gasteiger partial charge is 0.486 e. The molecule has 1 aliphatic carbocycles. The molecule has 2 unspecified atom stereocenters. The number of rotatable bonds is 2. The van der Waals surface area contributed by atoms with Crippen LogP contribution in [0.2, 0.25) is 0 Å². The van der Waals surface area contributed by atoms with E-state index in [-0.39, 0.29) is 17.6 Å². The van der Waals surface area contributed by atoms with Crippen LogP contribution in [0.25, 0.3) is 0 Å². The maximum Gasteiger partial charge on any atom is 0.157 e. The van der Waals surface area contributed by atoms with E-state index in [9.17, 15) is 5.11 Å². The number of aliphatic hydroxyl groups excluding tert-OH is 1. The fourth-order valence-electron chi connectivity index (χ4n) is 1.69. The van der Waals surface area contributed by atoms with Crippen LogP contribution < -0.4 is 4.74 Å². The molecule has 1 N–H and O–H groups in total. The smallest absolute Gasteiger partial charge is 0.157 e. The summed E-state index contributed by atoms with van der Waals surface area (Å²) < 4.78 is 7.42. The summed E-state index contributed by atoms with van der Waals surface area (Å²) in [5, 5.41) is 13.6. The van der Waals surface area contributed by atoms with Crippen LogP contribution in [0.4, 0.5) is 0 Å². The van der Waals surface area contributed by atoms with Gasteiger partial charge in [-0.25, -0.2) is 0 Å². The van der Waals surface area contributed by atoms with E-state index in [0.717, 1.165) is 5.75 Å². The van der Waals surface area contributed by atoms with E-state index >= 15 is 0 Å². The fourth-order valence-corrected chi connectivity index (χ4v) is 1.69. The molecule has 1 saturated carbocycles. The monoisotopic (exact) mass is 196 g/mol. The lowest BCUT2D eigenvalue weighted by Crippen LogP contribution is -2.55. The van der Waals surface area contributed by atoms with Gasteiger partial charge in [0.25, 0.3) is 0 Å². The zero-order valence-corrected chi connectivity index (χ0v) is 8.77. The van der Waals surface area contributed by atoms with Crippen LogP contribution in [-0.4, -0.2) is 27.1 Å². The highest BCUT2D eigenvalue weighted by molar-refractivity contribution is 5.14. The molecule has 2 rings (SSSR count). The Hall–Kier alpha value is -1.03. The molecule has 4 heteroatoms. The summed E-state index contributed by atoms with van der Waals surface area (Å²) in [5.41, 5.74) is -0.143. The Morgan fingerprint density at radius 2 is 2.36 bits per heavy atom. The second-order valence-electron chi connectivity index (χ2n) is 4.53. The van der Waals surface area contributed by atoms with Crippen LogP contribution in [0.5, 0.6) is 5.75 Å². The van der Waals surface area contributed by atoms with Crippen molar-refractivity contribution >= 4 is 0 Å². The number of nitrogens with zero attached hydrogens (tertiary/aromatic N) is 2. The first kappa shape index (κ1) is 9.52. The van der Waals surface area contributed by atoms with Crippen molar-refractivity contribution < 1.29 is 9.84 Å².